The van der Waals surface area contributed by atoms with Gasteiger partial charge >= 0.3 is 18.0 Å². The fourth-order valence-corrected chi connectivity index (χ4v) is 2.41. The molecule has 0 spiro atoms. The summed E-state index contributed by atoms with van der Waals surface area (Å²) in [6.07, 6.45) is 0. The second-order valence-electron chi connectivity index (χ2n) is 5.49. The third kappa shape index (κ3) is 3.47. The van der Waals surface area contributed by atoms with Crippen LogP contribution in [0, 0.1) is 0 Å². The molecule has 1 aromatic rings. The number of hydrogen-bond donors (Lipinski definition) is 0. The number of ether oxygens (including phenoxy) is 3. The molecule has 7 nitrogen and oxygen atoms in total. The molecule has 1 unspecified atom stereocenters. The van der Waals surface area contributed by atoms with Crippen LogP contribution in [0.2, 0.25) is 0 Å². The van der Waals surface area contributed by atoms with Crippen LogP contribution in [-0.4, -0.2) is 61.5 Å². The Bertz CT molecular complexity index is 450. The van der Waals surface area contributed by atoms with E-state index in [1.165, 1.54) is 14.2 Å². The quantitative estimate of drug-likeness (QED) is 0.582. The first-order valence-electron chi connectivity index (χ1n) is 6.22. The van der Waals surface area contributed by atoms with Gasteiger partial charge < -0.3 is 26.6 Å². The Labute approximate surface area is 125 Å². The first-order chi connectivity index (χ1) is 8.88. The number of likely N-dealkylation sites (N-methyl/N-ethyl adjacent to an activating group) is 1. The molecule has 0 radical (unpaired) electrons. The molecule has 1 fully saturated rings. The zero-order valence-electron chi connectivity index (χ0n) is 12.5. The van der Waals surface area contributed by atoms with E-state index < -0.39 is 0 Å². The first-order valence-corrected chi connectivity index (χ1v) is 6.22. The molecule has 0 N–H and O–H groups in total. The molecule has 1 aromatic heterocycles. The number of morpholine rings is 1. The summed E-state index contributed by atoms with van der Waals surface area (Å²) in [5, 5.41) is 0. The number of rotatable bonds is 3. The maximum Gasteiger partial charge on any atom is 0.338 e. The van der Waals surface area contributed by atoms with E-state index in [4.69, 9.17) is 14.2 Å². The summed E-state index contributed by atoms with van der Waals surface area (Å²) in [6.45, 7) is 6.39. The monoisotopic (exact) mass is 304 g/mol. The summed E-state index contributed by atoms with van der Waals surface area (Å²) < 4.78 is 16.5. The predicted molar refractivity (Wildman–Crippen MR) is 70.4 cm³/mol. The molecule has 2 heterocycles. The second kappa shape index (κ2) is 6.07. The lowest BCUT2D eigenvalue weighted by molar-refractivity contribution is -0.0782. The molecular weight excluding hydrogens is 284 g/mol. The van der Waals surface area contributed by atoms with Crippen molar-refractivity contribution in [2.75, 3.05) is 41.0 Å². The topological polar surface area (TPSA) is 66.4 Å². The maximum atomic E-state index is 5.75. The maximum absolute atomic E-state index is 5.75. The number of nitrogens with zero attached hydrogens (tertiary/aromatic N) is 4. The molecule has 8 heteroatoms. The molecular formula is C12H21ClN4O3. The Morgan fingerprint density at radius 1 is 1.10 bits per heavy atom. The van der Waals surface area contributed by atoms with Crippen molar-refractivity contribution in [1.29, 1.82) is 0 Å². The van der Waals surface area contributed by atoms with Gasteiger partial charge in [-0.25, -0.2) is 0 Å². The Balaban J connectivity index is 0.00000200. The Kier molecular flexibility index (Phi) is 5.12. The zero-order valence-corrected chi connectivity index (χ0v) is 13.3. The number of aromatic nitrogens is 3. The van der Waals surface area contributed by atoms with Crippen LogP contribution in [0.25, 0.3) is 0 Å². The smallest absolute Gasteiger partial charge is 0.338 e. The SMILES string of the molecule is COc1nc(OC)nc([N+]2(C)CCOC(C)(C)C2)n1.[Cl-]. The van der Waals surface area contributed by atoms with Crippen LogP contribution in [0.15, 0.2) is 0 Å². The van der Waals surface area contributed by atoms with Crippen LogP contribution in [-0.2, 0) is 4.74 Å². The van der Waals surface area contributed by atoms with Gasteiger partial charge in [0.1, 0.15) is 18.7 Å². The fraction of sp³-hybridized carbons (Fsp3) is 0.750. The summed E-state index contributed by atoms with van der Waals surface area (Å²) in [7, 11) is 5.14. The molecule has 1 aliphatic heterocycles. The Hall–Kier alpha value is -1.18. The van der Waals surface area contributed by atoms with Gasteiger partial charge in [0, 0.05) is 0 Å². The average Bonchev–Trinajstić information content (AvgIpc) is 2.36. The number of methoxy groups -OCH3 is 2. The Morgan fingerprint density at radius 2 is 1.65 bits per heavy atom. The summed E-state index contributed by atoms with van der Waals surface area (Å²) in [4.78, 5) is 12.7. The van der Waals surface area contributed by atoms with E-state index in [2.05, 4.69) is 35.8 Å². The van der Waals surface area contributed by atoms with Crippen molar-refractivity contribution in [3.8, 4) is 12.0 Å². The summed E-state index contributed by atoms with van der Waals surface area (Å²) in [5.41, 5.74) is -0.208. The van der Waals surface area contributed by atoms with Gasteiger partial charge in [0.25, 0.3) is 0 Å². The van der Waals surface area contributed by atoms with Gasteiger partial charge in [-0.15, -0.1) is 15.0 Å². The predicted octanol–water partition coefficient (Wildman–Crippen LogP) is -2.36. The van der Waals surface area contributed by atoms with E-state index in [9.17, 15) is 0 Å². The molecule has 0 saturated carbocycles. The van der Waals surface area contributed by atoms with Crippen LogP contribution < -0.4 is 26.4 Å². The summed E-state index contributed by atoms with van der Waals surface area (Å²) in [6, 6.07) is 0.538. The minimum Gasteiger partial charge on any atom is -1.00 e. The lowest BCUT2D eigenvalue weighted by Gasteiger charge is -2.42. The number of halogens is 1. The minimum atomic E-state index is -0.208. The van der Waals surface area contributed by atoms with Crippen LogP contribution in [0.4, 0.5) is 5.95 Å². The van der Waals surface area contributed by atoms with Crippen molar-refractivity contribution >= 4 is 5.95 Å². The average molecular weight is 305 g/mol. The highest BCUT2D eigenvalue weighted by molar-refractivity contribution is 5.28. The third-order valence-electron chi connectivity index (χ3n) is 3.24. The van der Waals surface area contributed by atoms with Gasteiger partial charge in [0.05, 0.1) is 27.9 Å². The van der Waals surface area contributed by atoms with Crippen molar-refractivity contribution in [3.63, 3.8) is 0 Å². The molecule has 0 bridgehead atoms. The van der Waals surface area contributed by atoms with E-state index in [-0.39, 0.29) is 30.0 Å². The third-order valence-corrected chi connectivity index (χ3v) is 3.24. The number of quaternary nitrogens is 1. The molecule has 0 aliphatic carbocycles. The molecule has 0 amide bonds. The van der Waals surface area contributed by atoms with Gasteiger partial charge in [-0.1, -0.05) is 0 Å². The van der Waals surface area contributed by atoms with Gasteiger partial charge in [0.2, 0.25) is 0 Å². The lowest BCUT2D eigenvalue weighted by Crippen LogP contribution is -3.00. The Morgan fingerprint density at radius 3 is 2.10 bits per heavy atom. The van der Waals surface area contributed by atoms with Crippen LogP contribution in [0.5, 0.6) is 12.0 Å². The van der Waals surface area contributed by atoms with E-state index >= 15 is 0 Å². The molecule has 1 atom stereocenters. The van der Waals surface area contributed by atoms with Crippen molar-refractivity contribution in [2.24, 2.45) is 0 Å². The van der Waals surface area contributed by atoms with E-state index in [0.717, 1.165) is 13.1 Å². The van der Waals surface area contributed by atoms with Crippen molar-refractivity contribution in [3.05, 3.63) is 0 Å². The molecule has 20 heavy (non-hydrogen) atoms. The normalized spacial score (nSPS) is 24.6. The first kappa shape index (κ1) is 16.9. The zero-order chi connectivity index (χ0) is 14.1. The molecule has 0 aromatic carbocycles. The summed E-state index contributed by atoms with van der Waals surface area (Å²) >= 11 is 0. The van der Waals surface area contributed by atoms with E-state index in [1.54, 1.807) is 0 Å². The minimum absolute atomic E-state index is 0. The highest BCUT2D eigenvalue weighted by atomic mass is 35.5. The highest BCUT2D eigenvalue weighted by Gasteiger charge is 2.41. The molecule has 1 saturated heterocycles. The molecule has 1 aliphatic rings. The van der Waals surface area contributed by atoms with E-state index in [0.29, 0.717) is 17.0 Å². The summed E-state index contributed by atoms with van der Waals surface area (Å²) in [5.74, 6) is 0.639. The van der Waals surface area contributed by atoms with Gasteiger partial charge in [-0.3, -0.25) is 4.48 Å². The van der Waals surface area contributed by atoms with Gasteiger partial charge in [-0.2, -0.15) is 0 Å². The molecule has 114 valence electrons. The lowest BCUT2D eigenvalue weighted by atomic mass is 10.1. The van der Waals surface area contributed by atoms with Crippen LogP contribution in [0.3, 0.4) is 0 Å². The van der Waals surface area contributed by atoms with Crippen LogP contribution >= 0.6 is 0 Å². The van der Waals surface area contributed by atoms with Crippen molar-refractivity contribution < 1.29 is 26.6 Å². The van der Waals surface area contributed by atoms with Gasteiger partial charge in [0.15, 0.2) is 0 Å². The fourth-order valence-electron chi connectivity index (χ4n) is 2.41. The van der Waals surface area contributed by atoms with Crippen molar-refractivity contribution in [1.82, 2.24) is 19.4 Å². The largest absolute Gasteiger partial charge is 1.00 e. The molecule has 2 rings (SSSR count). The standard InChI is InChI=1S/C12H21N4O3.ClH/c1-12(2)8-16(3,6-7-19-12)9-13-10(17-4)15-11(14-9)18-5;/h6-8H2,1-5H3;1H/q+1;/p-1. The second-order valence-corrected chi connectivity index (χ2v) is 5.49. The van der Waals surface area contributed by atoms with Crippen LogP contribution in [0.1, 0.15) is 13.8 Å². The van der Waals surface area contributed by atoms with E-state index in [1.807, 2.05) is 0 Å². The number of hydrogen-bond acceptors (Lipinski definition) is 6. The highest BCUT2D eigenvalue weighted by Crippen LogP contribution is 2.28. The van der Waals surface area contributed by atoms with Gasteiger partial charge in [-0.05, 0) is 13.8 Å². The van der Waals surface area contributed by atoms with Crippen molar-refractivity contribution in [2.45, 2.75) is 19.4 Å².